The molecule has 4 aromatic rings. The summed E-state index contributed by atoms with van der Waals surface area (Å²) >= 11 is -0.826. The van der Waals surface area contributed by atoms with Crippen LogP contribution in [0.25, 0.3) is 21.9 Å². The van der Waals surface area contributed by atoms with Gasteiger partial charge >= 0.3 is 37.9 Å². The fraction of sp³-hybridized carbons (Fsp3) is 0.250. The van der Waals surface area contributed by atoms with Gasteiger partial charge in [-0.05, 0) is 23.8 Å². The number of rotatable bonds is 2. The SMILES string of the molecule is CC(C)CC1c2[c-]cccc2-c2ccccc21.C[Si]C.[Cl][Zr+2][Cl].c1ccc2[cH-]ccc2c1. The van der Waals surface area contributed by atoms with Crippen molar-refractivity contribution in [1.82, 2.24) is 0 Å². The van der Waals surface area contributed by atoms with E-state index in [1.54, 1.807) is 0 Å². The quantitative estimate of drug-likeness (QED) is 0.170. The second-order valence-electron chi connectivity index (χ2n) is 7.99. The van der Waals surface area contributed by atoms with Gasteiger partial charge in [-0.2, -0.15) is 41.8 Å². The zero-order valence-corrected chi connectivity index (χ0v) is 24.2. The zero-order valence-electron chi connectivity index (χ0n) is 19.2. The van der Waals surface area contributed by atoms with Crippen molar-refractivity contribution in [2.24, 2.45) is 5.92 Å². The molecule has 4 aromatic carbocycles. The third-order valence-electron chi connectivity index (χ3n) is 5.12. The summed E-state index contributed by atoms with van der Waals surface area (Å²) in [5.41, 5.74) is 5.67. The molecule has 1 aliphatic rings. The maximum absolute atomic E-state index is 4.93. The molecule has 1 aliphatic carbocycles. The third kappa shape index (κ3) is 7.77. The van der Waals surface area contributed by atoms with E-state index in [1.165, 1.54) is 39.4 Å². The first-order valence-corrected chi connectivity index (χ1v) is 19.1. The number of halogens is 2. The molecule has 0 fully saturated rings. The van der Waals surface area contributed by atoms with Gasteiger partial charge in [-0.1, -0.05) is 62.8 Å². The summed E-state index contributed by atoms with van der Waals surface area (Å²) in [6.07, 6.45) is 1.21. The zero-order chi connectivity index (χ0) is 23.3. The topological polar surface area (TPSA) is 0 Å². The molecule has 0 amide bonds. The van der Waals surface area contributed by atoms with Gasteiger partial charge in [-0.15, -0.1) is 40.8 Å². The molecular formula is C28H30Cl2SiZr. The Morgan fingerprint density at radius 1 is 0.938 bits per heavy atom. The van der Waals surface area contributed by atoms with E-state index >= 15 is 0 Å². The summed E-state index contributed by atoms with van der Waals surface area (Å²) < 4.78 is 0. The minimum Gasteiger partial charge on any atom is -0.168 e. The van der Waals surface area contributed by atoms with Crippen LogP contribution in [0.3, 0.4) is 0 Å². The van der Waals surface area contributed by atoms with Gasteiger partial charge in [0.05, 0.1) is 0 Å². The molecule has 32 heavy (non-hydrogen) atoms. The summed E-state index contributed by atoms with van der Waals surface area (Å²) in [7, 11) is 11.0. The van der Waals surface area contributed by atoms with Crippen molar-refractivity contribution in [2.75, 3.05) is 0 Å². The fourth-order valence-corrected chi connectivity index (χ4v) is 3.96. The Bertz CT molecular complexity index is 980. The largest absolute Gasteiger partial charge is 0.168 e. The molecule has 0 saturated carbocycles. The maximum atomic E-state index is 4.93. The molecule has 0 bridgehead atoms. The summed E-state index contributed by atoms with van der Waals surface area (Å²) in [6.45, 7) is 8.90. The molecule has 2 radical (unpaired) electrons. The van der Waals surface area contributed by atoms with Crippen LogP contribution >= 0.6 is 17.0 Å². The Kier molecular flexibility index (Phi) is 12.7. The standard InChI is InChI=1S/C17H17.C9H7.C2H6Si.2ClH.Zr/c1-12(2)11-17-15-9-5-3-7-13(15)14-8-4-6-10-16(14)17;1-2-5-9-7-3-6-8(9)4-1;1-3-2;;;/h3-9,12,17H,11H2,1-2H3;1-7H;1-2H3;2*1H;/q2*-1;;;;+4/p-2. The first-order chi connectivity index (χ1) is 15.6. The van der Waals surface area contributed by atoms with Gasteiger partial charge in [-0.3, -0.25) is 0 Å². The predicted molar refractivity (Wildman–Crippen MR) is 141 cm³/mol. The number of benzene rings is 3. The van der Waals surface area contributed by atoms with Crippen molar-refractivity contribution in [2.45, 2.75) is 39.3 Å². The molecule has 5 rings (SSSR count). The van der Waals surface area contributed by atoms with Crippen molar-refractivity contribution in [1.29, 1.82) is 0 Å². The molecule has 0 heterocycles. The number of fused-ring (bicyclic) bond motifs is 4. The molecule has 0 N–H and O–H groups in total. The monoisotopic (exact) mass is 554 g/mol. The van der Waals surface area contributed by atoms with E-state index in [-0.39, 0.29) is 0 Å². The van der Waals surface area contributed by atoms with E-state index in [0.29, 0.717) is 11.8 Å². The van der Waals surface area contributed by atoms with Gasteiger partial charge in [0, 0.05) is 9.52 Å². The second-order valence-corrected chi connectivity index (χ2v) is 12.7. The smallest absolute Gasteiger partial charge is 0.0809 e. The van der Waals surface area contributed by atoms with Crippen LogP contribution < -0.4 is 0 Å². The summed E-state index contributed by atoms with van der Waals surface area (Å²) in [4.78, 5) is 0. The van der Waals surface area contributed by atoms with Gasteiger partial charge in [0.1, 0.15) is 0 Å². The molecular weight excluding hydrogens is 527 g/mol. The third-order valence-corrected chi connectivity index (χ3v) is 5.12. The van der Waals surface area contributed by atoms with Gasteiger partial charge < -0.3 is 0 Å². The minimum absolute atomic E-state index is 0.544. The van der Waals surface area contributed by atoms with Gasteiger partial charge in [0.15, 0.2) is 0 Å². The van der Waals surface area contributed by atoms with E-state index in [9.17, 15) is 0 Å². The van der Waals surface area contributed by atoms with E-state index < -0.39 is 20.8 Å². The van der Waals surface area contributed by atoms with Crippen LogP contribution in [-0.2, 0) is 20.8 Å². The first kappa shape index (κ1) is 27.2. The molecule has 4 heteroatoms. The fourth-order valence-electron chi connectivity index (χ4n) is 3.96. The van der Waals surface area contributed by atoms with E-state index in [4.69, 9.17) is 17.0 Å². The Hall–Kier alpha value is -1.05. The molecule has 1 unspecified atom stereocenters. The Morgan fingerprint density at radius 3 is 2.25 bits per heavy atom. The average molecular weight is 557 g/mol. The van der Waals surface area contributed by atoms with Crippen LogP contribution in [0.4, 0.5) is 0 Å². The molecule has 0 spiro atoms. The first-order valence-electron chi connectivity index (χ1n) is 10.8. The summed E-state index contributed by atoms with van der Waals surface area (Å²) in [5, 5.41) is 2.66. The maximum Gasteiger partial charge on any atom is -0.0809 e. The predicted octanol–water partition coefficient (Wildman–Crippen LogP) is 9.37. The minimum atomic E-state index is -0.826. The summed E-state index contributed by atoms with van der Waals surface area (Å²) in [6, 6.07) is 33.3. The van der Waals surface area contributed by atoms with Crippen molar-refractivity contribution >= 4 is 37.3 Å². The average Bonchev–Trinajstić information content (AvgIpc) is 3.39. The molecule has 0 saturated heterocycles. The molecule has 164 valence electrons. The van der Waals surface area contributed by atoms with Crippen molar-refractivity contribution in [3.05, 3.63) is 102 Å². The van der Waals surface area contributed by atoms with Crippen molar-refractivity contribution in [3.63, 3.8) is 0 Å². The van der Waals surface area contributed by atoms with Gasteiger partial charge in [-0.25, -0.2) is 0 Å². The molecule has 0 aliphatic heterocycles. The van der Waals surface area contributed by atoms with E-state index in [0.717, 1.165) is 9.52 Å². The van der Waals surface area contributed by atoms with Gasteiger partial charge in [0.2, 0.25) is 0 Å². The van der Waals surface area contributed by atoms with Crippen LogP contribution in [0.5, 0.6) is 0 Å². The Labute approximate surface area is 215 Å². The van der Waals surface area contributed by atoms with Crippen LogP contribution in [0.15, 0.2) is 84.9 Å². The number of hydrogen-bond acceptors (Lipinski definition) is 0. The Balaban J connectivity index is 0.000000202. The van der Waals surface area contributed by atoms with E-state index in [1.807, 2.05) is 6.07 Å². The molecule has 0 aromatic heterocycles. The van der Waals surface area contributed by atoms with Crippen LogP contribution in [0.2, 0.25) is 13.1 Å². The second kappa shape index (κ2) is 15.0. The van der Waals surface area contributed by atoms with Gasteiger partial charge in [0.25, 0.3) is 0 Å². The normalized spacial score (nSPS) is 12.8. The van der Waals surface area contributed by atoms with Crippen LogP contribution in [0, 0.1) is 12.0 Å². The summed E-state index contributed by atoms with van der Waals surface area (Å²) in [5.74, 6) is 1.26. The molecule has 1 atom stereocenters. The van der Waals surface area contributed by atoms with Crippen molar-refractivity contribution in [3.8, 4) is 11.1 Å². The van der Waals surface area contributed by atoms with E-state index in [2.05, 4.69) is 112 Å². The molecule has 0 nitrogen and oxygen atoms in total. The number of hydrogen-bond donors (Lipinski definition) is 0. The van der Waals surface area contributed by atoms with Crippen LogP contribution in [-0.4, -0.2) is 9.52 Å². The Morgan fingerprint density at radius 2 is 1.56 bits per heavy atom. The van der Waals surface area contributed by atoms with Crippen molar-refractivity contribution < 1.29 is 20.8 Å². The van der Waals surface area contributed by atoms with Crippen LogP contribution in [0.1, 0.15) is 37.3 Å².